The fraction of sp³-hybridized carbons (Fsp3) is 0.425. The number of amides is 4. The van der Waals surface area contributed by atoms with Crippen LogP contribution in [0.2, 0.25) is 0 Å². The Balaban J connectivity index is 1.12. The van der Waals surface area contributed by atoms with E-state index in [4.69, 9.17) is 9.72 Å². The van der Waals surface area contributed by atoms with E-state index in [1.54, 1.807) is 6.92 Å². The number of rotatable bonds is 7. The van der Waals surface area contributed by atoms with Gasteiger partial charge in [-0.3, -0.25) is 28.9 Å². The van der Waals surface area contributed by atoms with Crippen molar-refractivity contribution in [3.05, 3.63) is 84.5 Å². The van der Waals surface area contributed by atoms with Crippen LogP contribution in [0.15, 0.2) is 73.1 Å². The molecule has 2 aromatic heterocycles. The quantitative estimate of drug-likeness (QED) is 0.185. The van der Waals surface area contributed by atoms with Gasteiger partial charge in [0.15, 0.2) is 0 Å². The van der Waals surface area contributed by atoms with E-state index in [0.29, 0.717) is 43.7 Å². The number of nitrogens with one attached hydrogen (secondary N) is 3. The highest BCUT2D eigenvalue weighted by Crippen LogP contribution is 2.46. The third-order valence-electron chi connectivity index (χ3n) is 11.0. The second-order valence-corrected chi connectivity index (χ2v) is 17.0. The highest BCUT2D eigenvalue weighted by Gasteiger charge is 2.62. The number of carbonyl (C=O) groups excluding carboxylic acids is 4. The molecule has 8 rings (SSSR count). The topological polar surface area (TPSA) is 190 Å². The summed E-state index contributed by atoms with van der Waals surface area (Å²) in [7, 11) is -3.89. The van der Waals surface area contributed by atoms with Crippen molar-refractivity contribution in [2.45, 2.75) is 93.7 Å². The Morgan fingerprint density at radius 1 is 0.945 bits per heavy atom. The standard InChI is InChI=1S/C40H43N7O7S/c1-24-21-42-33(22-41-24)35(48)43-32-16-6-4-2-3-5-11-25-20-40(25,39(51)46-55(52,53)27-17-18-27)45-36(49)34-19-26(23-47(34)38(32)50)54-37-30-14-8-7-12-28(30)29-13-9-10-15-31(29)44-37/h5,7-15,21-22,25-27,32,34H,2-4,6,16-20,23H2,1H3,(H,43,48)(H,45,49)(H,46,51)/b11-5-/t25-,26+,32-,34-,40+/m0/s1. The summed E-state index contributed by atoms with van der Waals surface area (Å²) in [6.07, 6.45) is 10.4. The number of ether oxygens (including phenoxy) is 1. The summed E-state index contributed by atoms with van der Waals surface area (Å²) >= 11 is 0. The number of benzene rings is 2. The zero-order chi connectivity index (χ0) is 38.3. The average Bonchev–Trinajstić information content (AvgIpc) is 4.11. The Bertz CT molecular complexity index is 2310. The van der Waals surface area contributed by atoms with E-state index in [1.165, 1.54) is 17.3 Å². The lowest BCUT2D eigenvalue weighted by Crippen LogP contribution is -2.58. The van der Waals surface area contributed by atoms with Crippen molar-refractivity contribution >= 4 is 55.3 Å². The minimum absolute atomic E-state index is 0.00491. The van der Waals surface area contributed by atoms with Crippen molar-refractivity contribution in [3.63, 3.8) is 0 Å². The van der Waals surface area contributed by atoms with Crippen LogP contribution in [0, 0.1) is 12.8 Å². The van der Waals surface area contributed by atoms with Gasteiger partial charge in [-0.05, 0) is 63.0 Å². The zero-order valence-electron chi connectivity index (χ0n) is 30.4. The fourth-order valence-corrected chi connectivity index (χ4v) is 9.07. The first-order valence-electron chi connectivity index (χ1n) is 18.9. The molecule has 1 saturated heterocycles. The van der Waals surface area contributed by atoms with Gasteiger partial charge in [-0.1, -0.05) is 61.4 Å². The summed E-state index contributed by atoms with van der Waals surface area (Å²) in [4.78, 5) is 70.9. The molecule has 2 aliphatic heterocycles. The Morgan fingerprint density at radius 3 is 2.47 bits per heavy atom. The molecule has 4 aromatic rings. The number of aryl methyl sites for hydroxylation is 1. The molecule has 0 radical (unpaired) electrons. The molecule has 3 N–H and O–H groups in total. The third-order valence-corrected chi connectivity index (χ3v) is 12.8. The van der Waals surface area contributed by atoms with E-state index in [1.807, 2.05) is 60.7 Å². The summed E-state index contributed by atoms with van der Waals surface area (Å²) in [5.74, 6) is -2.52. The second kappa shape index (κ2) is 14.7. The molecule has 2 aliphatic carbocycles. The number of pyridine rings is 1. The van der Waals surface area contributed by atoms with Crippen LogP contribution in [0.3, 0.4) is 0 Å². The van der Waals surface area contributed by atoms with Gasteiger partial charge < -0.3 is 20.3 Å². The molecule has 2 saturated carbocycles. The average molecular weight is 766 g/mol. The van der Waals surface area contributed by atoms with E-state index < -0.39 is 68.5 Å². The summed E-state index contributed by atoms with van der Waals surface area (Å²) in [6.45, 7) is 1.75. The largest absolute Gasteiger partial charge is 0.472 e. The lowest BCUT2D eigenvalue weighted by molar-refractivity contribution is -0.141. The van der Waals surface area contributed by atoms with E-state index in [2.05, 4.69) is 25.3 Å². The first kappa shape index (κ1) is 36.5. The van der Waals surface area contributed by atoms with Crippen molar-refractivity contribution in [2.75, 3.05) is 6.54 Å². The number of fused-ring (bicyclic) bond motifs is 5. The highest BCUT2D eigenvalue weighted by molar-refractivity contribution is 7.91. The number of hydrogen-bond acceptors (Lipinski definition) is 10. The van der Waals surface area contributed by atoms with Crippen LogP contribution in [0.5, 0.6) is 5.88 Å². The predicted molar refractivity (Wildman–Crippen MR) is 203 cm³/mol. The van der Waals surface area contributed by atoms with E-state index in [0.717, 1.165) is 34.5 Å². The van der Waals surface area contributed by atoms with Gasteiger partial charge >= 0.3 is 0 Å². The van der Waals surface area contributed by atoms with Crippen molar-refractivity contribution in [1.82, 2.24) is 35.2 Å². The number of nitrogens with zero attached hydrogens (tertiary/aromatic N) is 4. The maximum atomic E-state index is 14.6. The molecule has 4 amide bonds. The van der Waals surface area contributed by atoms with Gasteiger partial charge in [-0.15, -0.1) is 0 Å². The Labute approximate surface area is 318 Å². The monoisotopic (exact) mass is 765 g/mol. The molecule has 55 heavy (non-hydrogen) atoms. The molecule has 0 spiro atoms. The molecule has 5 atom stereocenters. The zero-order valence-corrected chi connectivity index (χ0v) is 31.3. The van der Waals surface area contributed by atoms with Crippen molar-refractivity contribution in [3.8, 4) is 5.88 Å². The van der Waals surface area contributed by atoms with Crippen molar-refractivity contribution < 1.29 is 32.3 Å². The van der Waals surface area contributed by atoms with Crippen LogP contribution in [-0.4, -0.2) is 87.4 Å². The smallest absolute Gasteiger partial charge is 0.272 e. The van der Waals surface area contributed by atoms with Crippen LogP contribution in [0.25, 0.3) is 21.7 Å². The molecule has 286 valence electrons. The van der Waals surface area contributed by atoms with Gasteiger partial charge in [0.05, 0.1) is 29.2 Å². The molecule has 0 unspecified atom stereocenters. The fourth-order valence-electron chi connectivity index (χ4n) is 7.71. The van der Waals surface area contributed by atoms with Crippen LogP contribution in [0.4, 0.5) is 0 Å². The maximum Gasteiger partial charge on any atom is 0.272 e. The van der Waals surface area contributed by atoms with Crippen LogP contribution >= 0.6 is 0 Å². The van der Waals surface area contributed by atoms with Crippen LogP contribution < -0.4 is 20.1 Å². The first-order chi connectivity index (χ1) is 26.5. The molecule has 0 bridgehead atoms. The van der Waals surface area contributed by atoms with E-state index in [-0.39, 0.29) is 25.1 Å². The van der Waals surface area contributed by atoms with Gasteiger partial charge in [-0.2, -0.15) is 0 Å². The molecular formula is C40H43N7O7S. The lowest BCUT2D eigenvalue weighted by atomic mass is 10.0. The molecule has 4 aliphatic rings. The summed E-state index contributed by atoms with van der Waals surface area (Å²) in [5, 5.41) is 7.79. The molecule has 3 fully saturated rings. The van der Waals surface area contributed by atoms with E-state index in [9.17, 15) is 27.6 Å². The number of aromatic nitrogens is 3. The van der Waals surface area contributed by atoms with Crippen molar-refractivity contribution in [2.24, 2.45) is 5.92 Å². The van der Waals surface area contributed by atoms with Crippen LogP contribution in [0.1, 0.15) is 74.0 Å². The Hall–Kier alpha value is -5.44. The maximum absolute atomic E-state index is 14.6. The minimum Gasteiger partial charge on any atom is -0.472 e. The SMILES string of the molecule is Cc1cnc(C(=O)N[C@H]2CCCCC/C=C\[C@H]3C[C@@]3(C(=O)NS(=O)(=O)C3CC3)NC(=O)[C@@H]3C[C@@H](Oc4nc5ccccc5c5ccccc45)CN3C2=O)cn1. The van der Waals surface area contributed by atoms with Gasteiger partial charge in [0, 0.05) is 29.3 Å². The first-order valence-corrected chi connectivity index (χ1v) is 20.5. The summed E-state index contributed by atoms with van der Waals surface area (Å²) < 4.78 is 34.6. The minimum atomic E-state index is -3.89. The Kier molecular flexibility index (Phi) is 9.74. The van der Waals surface area contributed by atoms with Gasteiger partial charge in [-0.25, -0.2) is 18.4 Å². The van der Waals surface area contributed by atoms with Crippen molar-refractivity contribution in [1.29, 1.82) is 0 Å². The summed E-state index contributed by atoms with van der Waals surface area (Å²) in [6, 6.07) is 13.3. The van der Waals surface area contributed by atoms with Gasteiger partial charge in [0.25, 0.3) is 11.8 Å². The number of carbonyl (C=O) groups is 4. The number of allylic oxidation sites excluding steroid dienone is 1. The molecule has 15 heteroatoms. The number of sulfonamides is 1. The third kappa shape index (κ3) is 7.49. The molecule has 14 nitrogen and oxygen atoms in total. The normalized spacial score (nSPS) is 26.5. The molecule has 4 heterocycles. The number of para-hydroxylation sites is 1. The Morgan fingerprint density at radius 2 is 1.71 bits per heavy atom. The predicted octanol–water partition coefficient (Wildman–Crippen LogP) is 3.64. The number of hydrogen-bond donors (Lipinski definition) is 3. The highest BCUT2D eigenvalue weighted by atomic mass is 32.2. The lowest BCUT2D eigenvalue weighted by Gasteiger charge is -2.29. The van der Waals surface area contributed by atoms with Gasteiger partial charge in [0.1, 0.15) is 29.4 Å². The molecule has 2 aromatic carbocycles. The van der Waals surface area contributed by atoms with E-state index >= 15 is 0 Å². The van der Waals surface area contributed by atoms with Crippen LogP contribution in [-0.2, 0) is 24.4 Å². The van der Waals surface area contributed by atoms with Gasteiger partial charge in [0.2, 0.25) is 27.7 Å². The summed E-state index contributed by atoms with van der Waals surface area (Å²) in [5.41, 5.74) is -0.0889. The second-order valence-electron chi connectivity index (χ2n) is 15.0. The molecular weight excluding hydrogens is 723 g/mol.